The first-order valence-corrected chi connectivity index (χ1v) is 24.4. The molecule has 6 bridgehead atoms. The number of hydrogen-bond donors (Lipinski definition) is 0. The van der Waals surface area contributed by atoms with Crippen molar-refractivity contribution >= 4 is 17.9 Å². The van der Waals surface area contributed by atoms with Crippen LogP contribution in [0.3, 0.4) is 0 Å². The molecule has 12 unspecified atom stereocenters. The van der Waals surface area contributed by atoms with Gasteiger partial charge in [-0.3, -0.25) is 33.5 Å². The number of esters is 3. The SMILES string of the molecule is C/C=C\CN1C2CCC1C(C(=O)OC)C(c1ccc(F)cc1)C2.COC(=O)C1C(c2ccc(C)cc2)CC2CCC1N2C.COC(=O)C1C(c2ccc(C)cc2)CC2CCC1N2CCCF. The molecule has 0 saturated carbocycles. The van der Waals surface area contributed by atoms with E-state index in [2.05, 4.69) is 96.3 Å². The van der Waals surface area contributed by atoms with Crippen molar-refractivity contribution in [2.24, 2.45) is 17.8 Å². The average molecular weight is 910 g/mol. The molecule has 0 N–H and O–H groups in total. The second-order valence-electron chi connectivity index (χ2n) is 19.7. The first-order chi connectivity index (χ1) is 31.9. The highest BCUT2D eigenvalue weighted by molar-refractivity contribution is 5.76. The number of fused-ring (bicyclic) bond motifs is 6. The van der Waals surface area contributed by atoms with Gasteiger partial charge in [-0.25, -0.2) is 4.39 Å². The van der Waals surface area contributed by atoms with Crippen LogP contribution in [0, 0.1) is 37.4 Å². The predicted octanol–water partition coefficient (Wildman–Crippen LogP) is 9.71. The topological polar surface area (TPSA) is 88.6 Å². The maximum absolute atomic E-state index is 13.2. The summed E-state index contributed by atoms with van der Waals surface area (Å²) in [6, 6.07) is 26.1. The van der Waals surface area contributed by atoms with Crippen molar-refractivity contribution in [2.45, 2.75) is 139 Å². The number of alkyl halides is 1. The molecule has 12 atom stereocenters. The maximum atomic E-state index is 13.2. The number of benzene rings is 3. The van der Waals surface area contributed by atoms with E-state index >= 15 is 0 Å². The van der Waals surface area contributed by atoms with Crippen molar-refractivity contribution in [3.05, 3.63) is 119 Å². The van der Waals surface area contributed by atoms with Gasteiger partial charge in [0.25, 0.3) is 0 Å². The van der Waals surface area contributed by atoms with Gasteiger partial charge in [0.15, 0.2) is 0 Å². The largest absolute Gasteiger partial charge is 0.469 e. The smallest absolute Gasteiger partial charge is 0.310 e. The van der Waals surface area contributed by atoms with Crippen LogP contribution in [0.25, 0.3) is 0 Å². The molecule has 6 heterocycles. The fraction of sp³-hybridized carbons (Fsp3) is 0.582. The molecule has 9 nitrogen and oxygen atoms in total. The lowest BCUT2D eigenvalue weighted by Gasteiger charge is -2.43. The standard InChI is InChI=1S/C19H26FNO2.C19H24FNO2.C17H23NO2/c1-13-4-6-14(7-5-13)16-12-15-8-9-17(18(16)19(22)23-2)21(15)11-3-10-20;1-3-4-11-21-15-9-10-17(21)18(19(22)23-2)16(12-15)13-5-7-14(20)8-6-13;1-11-4-6-12(7-5-11)14-10-13-8-9-15(18(13)2)16(14)17(19)20-3/h4-7,15-18H,3,8-12H2,1-2H3;3-8,15-18H,9-12H2,1-2H3;4-7,13-16H,8-10H2,1-3H3/b;4-3-;. The van der Waals surface area contributed by atoms with Gasteiger partial charge in [0.2, 0.25) is 0 Å². The van der Waals surface area contributed by atoms with E-state index < -0.39 is 0 Å². The van der Waals surface area contributed by atoms with Crippen molar-refractivity contribution in [3.8, 4) is 0 Å². The summed E-state index contributed by atoms with van der Waals surface area (Å²) in [5.74, 6) is -0.255. The van der Waals surface area contributed by atoms with E-state index in [1.54, 1.807) is 0 Å². The van der Waals surface area contributed by atoms with Gasteiger partial charge in [-0.1, -0.05) is 83.9 Å². The fourth-order valence-electron chi connectivity index (χ4n) is 12.9. The van der Waals surface area contributed by atoms with Gasteiger partial charge in [0.05, 0.1) is 45.8 Å². The molecule has 6 aliphatic rings. The number of methoxy groups -OCH3 is 3. The zero-order chi connectivity index (χ0) is 47.1. The molecule has 6 aliphatic heterocycles. The highest BCUT2D eigenvalue weighted by Crippen LogP contribution is 2.50. The minimum atomic E-state index is -0.291. The first-order valence-electron chi connectivity index (χ1n) is 24.4. The molecule has 9 rings (SSSR count). The number of piperidine rings is 3. The van der Waals surface area contributed by atoms with Gasteiger partial charge >= 0.3 is 17.9 Å². The van der Waals surface area contributed by atoms with E-state index in [1.807, 2.05) is 19.1 Å². The Morgan fingerprint density at radius 3 is 1.44 bits per heavy atom. The van der Waals surface area contributed by atoms with Crippen LogP contribution in [0.15, 0.2) is 84.9 Å². The van der Waals surface area contributed by atoms with Gasteiger partial charge in [-0.2, -0.15) is 0 Å². The molecular formula is C55H73F2N3O6. The van der Waals surface area contributed by atoms with Crippen LogP contribution in [-0.4, -0.2) is 117 Å². The third-order valence-corrected chi connectivity index (χ3v) is 16.2. The Labute approximate surface area is 392 Å². The summed E-state index contributed by atoms with van der Waals surface area (Å²) in [6.07, 6.45) is 14.3. The summed E-state index contributed by atoms with van der Waals surface area (Å²) in [4.78, 5) is 44.5. The number of carbonyl (C=O) groups excluding carboxylic acids is 3. The van der Waals surface area contributed by atoms with Gasteiger partial charge in [0, 0.05) is 67.1 Å². The summed E-state index contributed by atoms with van der Waals surface area (Å²) in [5, 5.41) is 0. The summed E-state index contributed by atoms with van der Waals surface area (Å²) in [7, 11) is 6.60. The van der Waals surface area contributed by atoms with Crippen LogP contribution in [0.2, 0.25) is 0 Å². The van der Waals surface area contributed by atoms with E-state index in [1.165, 1.54) is 62.1 Å². The first kappa shape index (κ1) is 49.5. The quantitative estimate of drug-likeness (QED) is 0.106. The Kier molecular flexibility index (Phi) is 16.9. The molecule has 0 spiro atoms. The van der Waals surface area contributed by atoms with Crippen molar-refractivity contribution in [3.63, 3.8) is 0 Å². The molecular weight excluding hydrogens is 837 g/mol. The Hall–Kier alpha value is -4.45. The number of ether oxygens (including phenoxy) is 3. The molecule has 6 fully saturated rings. The summed E-state index contributed by atoms with van der Waals surface area (Å²) < 4.78 is 41.2. The minimum Gasteiger partial charge on any atom is -0.469 e. The van der Waals surface area contributed by atoms with Gasteiger partial charge < -0.3 is 14.2 Å². The van der Waals surface area contributed by atoms with E-state index in [4.69, 9.17) is 14.2 Å². The van der Waals surface area contributed by atoms with Crippen LogP contribution < -0.4 is 0 Å². The number of carbonyl (C=O) groups is 3. The van der Waals surface area contributed by atoms with Crippen molar-refractivity contribution < 1.29 is 37.4 Å². The zero-order valence-corrected chi connectivity index (χ0v) is 40.3. The second-order valence-corrected chi connectivity index (χ2v) is 19.7. The van der Waals surface area contributed by atoms with Crippen LogP contribution in [0.4, 0.5) is 8.78 Å². The Morgan fingerprint density at radius 2 is 0.985 bits per heavy atom. The molecule has 358 valence electrons. The fourth-order valence-corrected chi connectivity index (χ4v) is 12.9. The number of halogens is 2. The van der Waals surface area contributed by atoms with Crippen molar-refractivity contribution in [1.82, 2.24) is 14.7 Å². The molecule has 0 radical (unpaired) electrons. The number of allylic oxidation sites excluding steroid dienone is 1. The van der Waals surface area contributed by atoms with Crippen molar-refractivity contribution in [1.29, 1.82) is 0 Å². The maximum Gasteiger partial charge on any atom is 0.310 e. The van der Waals surface area contributed by atoms with Crippen molar-refractivity contribution in [2.75, 3.05) is 48.1 Å². The molecule has 0 aromatic heterocycles. The molecule has 3 aromatic carbocycles. The minimum absolute atomic E-state index is 0.0218. The molecule has 6 saturated heterocycles. The molecule has 3 aromatic rings. The van der Waals surface area contributed by atoms with Gasteiger partial charge in [-0.05, 0) is 121 Å². The molecule has 11 heteroatoms. The number of nitrogens with zero attached hydrogens (tertiary/aromatic N) is 3. The second kappa shape index (κ2) is 22.6. The zero-order valence-electron chi connectivity index (χ0n) is 40.3. The van der Waals surface area contributed by atoms with Gasteiger partial charge in [-0.15, -0.1) is 0 Å². The highest BCUT2D eigenvalue weighted by Gasteiger charge is 2.53. The normalized spacial score (nSPS) is 31.3. The van der Waals surface area contributed by atoms with Crippen LogP contribution in [0.5, 0.6) is 0 Å². The summed E-state index contributed by atoms with van der Waals surface area (Å²) in [5.41, 5.74) is 6.06. The Bertz CT molecular complexity index is 2100. The lowest BCUT2D eigenvalue weighted by Crippen LogP contribution is -2.51. The van der Waals surface area contributed by atoms with E-state index in [-0.39, 0.29) is 72.1 Å². The summed E-state index contributed by atoms with van der Waals surface area (Å²) >= 11 is 0. The van der Waals surface area contributed by atoms with E-state index in [0.717, 1.165) is 70.0 Å². The monoisotopic (exact) mass is 910 g/mol. The lowest BCUT2D eigenvalue weighted by atomic mass is 9.76. The predicted molar refractivity (Wildman–Crippen MR) is 254 cm³/mol. The van der Waals surface area contributed by atoms with Crippen LogP contribution in [0.1, 0.15) is 117 Å². The Balaban J connectivity index is 0.000000148. The van der Waals surface area contributed by atoms with E-state index in [9.17, 15) is 23.2 Å². The number of rotatable bonds is 11. The van der Waals surface area contributed by atoms with Crippen LogP contribution >= 0.6 is 0 Å². The third-order valence-electron chi connectivity index (χ3n) is 16.2. The third kappa shape index (κ3) is 10.6. The number of aryl methyl sites for hydroxylation is 2. The molecule has 0 amide bonds. The average Bonchev–Trinajstić information content (AvgIpc) is 3.86. The van der Waals surface area contributed by atoms with E-state index in [0.29, 0.717) is 36.5 Å². The van der Waals surface area contributed by atoms with Gasteiger partial charge in [0.1, 0.15) is 5.82 Å². The number of hydrogen-bond acceptors (Lipinski definition) is 9. The molecule has 66 heavy (non-hydrogen) atoms. The van der Waals surface area contributed by atoms with Crippen LogP contribution in [-0.2, 0) is 28.6 Å². The molecule has 0 aliphatic carbocycles. The highest BCUT2D eigenvalue weighted by atomic mass is 19.1. The lowest BCUT2D eigenvalue weighted by molar-refractivity contribution is -0.151. The Morgan fingerprint density at radius 1 is 0.591 bits per heavy atom. The summed E-state index contributed by atoms with van der Waals surface area (Å²) in [6.45, 7) is 7.53.